The van der Waals surface area contributed by atoms with Crippen LogP contribution >= 0.6 is 0 Å². The third-order valence-corrected chi connectivity index (χ3v) is 5.38. The summed E-state index contributed by atoms with van der Waals surface area (Å²) in [6.07, 6.45) is -9.23. The van der Waals surface area contributed by atoms with Gasteiger partial charge in [0.25, 0.3) is 5.91 Å². The Bertz CT molecular complexity index is 1140. The molecule has 0 aliphatic carbocycles. The lowest BCUT2D eigenvalue weighted by molar-refractivity contribution is -0.143. The number of halogens is 6. The number of hydrogen-bond donors (Lipinski definition) is 0. The van der Waals surface area contributed by atoms with Crippen molar-refractivity contribution in [2.24, 2.45) is 0 Å². The highest BCUT2D eigenvalue weighted by atomic mass is 19.4. The summed E-state index contributed by atoms with van der Waals surface area (Å²) in [5.41, 5.74) is -2.11. The lowest BCUT2D eigenvalue weighted by atomic mass is 10.0. The molecule has 1 unspecified atom stereocenters. The topological polar surface area (TPSA) is 59.2 Å². The molecule has 1 aliphatic rings. The number of carbonyl (C=O) groups is 1. The van der Waals surface area contributed by atoms with Crippen LogP contribution in [0.4, 0.5) is 26.3 Å². The molecule has 11 heteroatoms. The van der Waals surface area contributed by atoms with Gasteiger partial charge in [-0.05, 0) is 38.0 Å². The van der Waals surface area contributed by atoms with E-state index in [1.165, 1.54) is 4.90 Å². The van der Waals surface area contributed by atoms with Gasteiger partial charge in [-0.3, -0.25) is 4.79 Å². The average molecular weight is 469 g/mol. The molecule has 2 aromatic carbocycles. The highest BCUT2D eigenvalue weighted by molar-refractivity contribution is 5.95. The first-order chi connectivity index (χ1) is 15.4. The van der Waals surface area contributed by atoms with E-state index in [9.17, 15) is 31.1 Å². The Kier molecular flexibility index (Phi) is 5.67. The number of rotatable bonds is 3. The molecule has 33 heavy (non-hydrogen) atoms. The first-order valence-corrected chi connectivity index (χ1v) is 9.94. The predicted molar refractivity (Wildman–Crippen MR) is 104 cm³/mol. The summed E-state index contributed by atoms with van der Waals surface area (Å²) in [5.74, 6) is -0.633. The SMILES string of the molecule is Cc1ccc(-c2noc(C3CCCN3C(=O)c3cc(C(F)(F)F)cc(C(F)(F)F)c3)n2)cc1. The van der Waals surface area contributed by atoms with Crippen LogP contribution in [0.5, 0.6) is 0 Å². The van der Waals surface area contributed by atoms with Gasteiger partial charge in [-0.2, -0.15) is 31.3 Å². The van der Waals surface area contributed by atoms with Gasteiger partial charge in [-0.15, -0.1) is 0 Å². The van der Waals surface area contributed by atoms with Crippen molar-refractivity contribution in [2.75, 3.05) is 6.54 Å². The summed E-state index contributed by atoms with van der Waals surface area (Å²) in [5, 5.41) is 3.90. The molecule has 5 nitrogen and oxygen atoms in total. The number of nitrogens with zero attached hydrogens (tertiary/aromatic N) is 3. The van der Waals surface area contributed by atoms with E-state index in [1.54, 1.807) is 12.1 Å². The summed E-state index contributed by atoms with van der Waals surface area (Å²) >= 11 is 0. The Morgan fingerprint density at radius 1 is 1.00 bits per heavy atom. The number of hydrogen-bond acceptors (Lipinski definition) is 4. The quantitative estimate of drug-likeness (QED) is 0.438. The van der Waals surface area contributed by atoms with E-state index in [2.05, 4.69) is 10.1 Å². The van der Waals surface area contributed by atoms with E-state index in [1.807, 2.05) is 19.1 Å². The zero-order valence-corrected chi connectivity index (χ0v) is 17.2. The molecular weight excluding hydrogens is 452 g/mol. The van der Waals surface area contributed by atoms with Crippen LogP contribution in [-0.2, 0) is 12.4 Å². The molecular formula is C22H17F6N3O2. The maximum atomic E-state index is 13.2. The summed E-state index contributed by atoms with van der Waals surface area (Å²) in [6, 6.07) is 7.35. The van der Waals surface area contributed by atoms with Crippen LogP contribution in [0.2, 0.25) is 0 Å². The number of aromatic nitrogens is 2. The lowest BCUT2D eigenvalue weighted by Crippen LogP contribution is -2.31. The second-order valence-electron chi connectivity index (χ2n) is 7.77. The average Bonchev–Trinajstić information content (AvgIpc) is 3.41. The van der Waals surface area contributed by atoms with Crippen LogP contribution in [0.25, 0.3) is 11.4 Å². The molecule has 1 aliphatic heterocycles. The summed E-state index contributed by atoms with van der Waals surface area (Å²) in [6.45, 7) is 2.04. The Balaban J connectivity index is 1.65. The molecule has 0 saturated carbocycles. The fourth-order valence-corrected chi connectivity index (χ4v) is 3.70. The van der Waals surface area contributed by atoms with Crippen LogP contribution in [0.1, 0.15) is 51.8 Å². The van der Waals surface area contributed by atoms with Crippen molar-refractivity contribution in [1.29, 1.82) is 0 Å². The van der Waals surface area contributed by atoms with Crippen LogP contribution in [0.3, 0.4) is 0 Å². The molecule has 1 atom stereocenters. The van der Waals surface area contributed by atoms with Crippen molar-refractivity contribution in [3.05, 3.63) is 70.6 Å². The van der Waals surface area contributed by atoms with Crippen LogP contribution < -0.4 is 0 Å². The third-order valence-electron chi connectivity index (χ3n) is 5.38. The van der Waals surface area contributed by atoms with Gasteiger partial charge in [0.2, 0.25) is 11.7 Å². The number of aryl methyl sites for hydroxylation is 1. The van der Waals surface area contributed by atoms with Crippen LogP contribution in [0, 0.1) is 6.92 Å². The monoisotopic (exact) mass is 469 g/mol. The molecule has 0 bridgehead atoms. The second kappa shape index (κ2) is 8.20. The van der Waals surface area contributed by atoms with Gasteiger partial charge in [-0.1, -0.05) is 35.0 Å². The molecule has 0 N–H and O–H groups in total. The minimum atomic E-state index is -5.05. The van der Waals surface area contributed by atoms with E-state index in [-0.39, 0.29) is 24.3 Å². The second-order valence-corrected chi connectivity index (χ2v) is 7.77. The fourth-order valence-electron chi connectivity index (χ4n) is 3.70. The zero-order chi connectivity index (χ0) is 24.0. The molecule has 0 radical (unpaired) electrons. The number of carbonyl (C=O) groups excluding carboxylic acids is 1. The maximum absolute atomic E-state index is 13.2. The van der Waals surface area contributed by atoms with Crippen molar-refractivity contribution >= 4 is 5.91 Å². The Morgan fingerprint density at radius 2 is 1.61 bits per heavy atom. The molecule has 0 spiro atoms. The van der Waals surface area contributed by atoms with Crippen molar-refractivity contribution < 1.29 is 35.7 Å². The molecule has 1 saturated heterocycles. The summed E-state index contributed by atoms with van der Waals surface area (Å²) in [4.78, 5) is 18.5. The zero-order valence-electron chi connectivity index (χ0n) is 17.2. The standard InChI is InChI=1S/C22H17F6N3O2/c1-12-4-6-13(7-5-12)18-29-19(33-30-18)17-3-2-8-31(17)20(32)14-9-15(21(23,24)25)11-16(10-14)22(26,27)28/h4-7,9-11,17H,2-3,8H2,1H3. The minimum absolute atomic E-state index is 0.00982. The lowest BCUT2D eigenvalue weighted by Gasteiger charge is -2.23. The van der Waals surface area contributed by atoms with Crippen molar-refractivity contribution in [2.45, 2.75) is 38.2 Å². The summed E-state index contributed by atoms with van der Waals surface area (Å²) in [7, 11) is 0. The van der Waals surface area contributed by atoms with Crippen LogP contribution in [0.15, 0.2) is 47.0 Å². The first-order valence-electron chi connectivity index (χ1n) is 9.94. The molecule has 4 rings (SSSR count). The third kappa shape index (κ3) is 4.71. The molecule has 2 heterocycles. The Morgan fingerprint density at radius 3 is 2.18 bits per heavy atom. The number of likely N-dealkylation sites (tertiary alicyclic amines) is 1. The molecule has 3 aromatic rings. The van der Waals surface area contributed by atoms with Crippen LogP contribution in [-0.4, -0.2) is 27.5 Å². The highest BCUT2D eigenvalue weighted by Crippen LogP contribution is 2.38. The van der Waals surface area contributed by atoms with Crippen molar-refractivity contribution in [3.63, 3.8) is 0 Å². The molecule has 1 amide bonds. The largest absolute Gasteiger partial charge is 0.416 e. The van der Waals surface area contributed by atoms with Gasteiger partial charge in [0.05, 0.1) is 11.1 Å². The first kappa shape index (κ1) is 22.8. The number of alkyl halides is 6. The van der Waals surface area contributed by atoms with Gasteiger partial charge < -0.3 is 9.42 Å². The predicted octanol–water partition coefficient (Wildman–Crippen LogP) is 6.06. The molecule has 174 valence electrons. The maximum Gasteiger partial charge on any atom is 0.416 e. The highest BCUT2D eigenvalue weighted by Gasteiger charge is 2.40. The fraction of sp³-hybridized carbons (Fsp3) is 0.318. The molecule has 1 aromatic heterocycles. The van der Waals surface area contributed by atoms with E-state index < -0.39 is 41.0 Å². The molecule has 1 fully saturated rings. The smallest absolute Gasteiger partial charge is 0.337 e. The van der Waals surface area contributed by atoms with Crippen molar-refractivity contribution in [3.8, 4) is 11.4 Å². The van der Waals surface area contributed by atoms with Gasteiger partial charge >= 0.3 is 12.4 Å². The van der Waals surface area contributed by atoms with Crippen molar-refractivity contribution in [1.82, 2.24) is 15.0 Å². The van der Waals surface area contributed by atoms with E-state index in [0.717, 1.165) is 5.56 Å². The van der Waals surface area contributed by atoms with Gasteiger partial charge in [0.1, 0.15) is 6.04 Å². The Hall–Kier alpha value is -3.37. The number of amides is 1. The number of benzene rings is 2. The minimum Gasteiger partial charge on any atom is -0.337 e. The van der Waals surface area contributed by atoms with Gasteiger partial charge in [-0.25, -0.2) is 0 Å². The van der Waals surface area contributed by atoms with Gasteiger partial charge in [0, 0.05) is 17.7 Å². The van der Waals surface area contributed by atoms with E-state index >= 15 is 0 Å². The summed E-state index contributed by atoms with van der Waals surface area (Å²) < 4.78 is 84.4. The Labute approximate surface area is 184 Å². The normalized spacial score (nSPS) is 16.9. The van der Waals surface area contributed by atoms with E-state index in [4.69, 9.17) is 4.52 Å². The van der Waals surface area contributed by atoms with E-state index in [0.29, 0.717) is 30.5 Å². The van der Waals surface area contributed by atoms with Gasteiger partial charge in [0.15, 0.2) is 0 Å².